The molecule has 3 heterocycles. The fourth-order valence-electron chi connectivity index (χ4n) is 7.79. The topological polar surface area (TPSA) is 47.0 Å². The first-order chi connectivity index (χ1) is 23.0. The standard InChI is InChI=1S/C43H43N3O2/c1-26-21-28(41-45-40-33-12-10-11-27(2)32(33)16-18-38(40)48-41)23-31(22-26)47-30-15-17-35-37(25-30)46(36-14-9-8-13-34(36)43(35,6)7)39-24-29(19-20-44-39)42(3,4)5/h8-15,17,19-25,38,40H,16,18H2,1-7H3/t38-,40+/m0/s1. The molecule has 242 valence electrons. The van der Waals surface area contributed by atoms with Crippen molar-refractivity contribution in [3.63, 3.8) is 0 Å². The fourth-order valence-corrected chi connectivity index (χ4v) is 7.79. The first-order valence-corrected chi connectivity index (χ1v) is 17.1. The Kier molecular flexibility index (Phi) is 7.03. The molecular formula is C43H43N3O2. The van der Waals surface area contributed by atoms with Crippen molar-refractivity contribution in [1.29, 1.82) is 0 Å². The fraction of sp³-hybridized carbons (Fsp3) is 0.302. The first kappa shape index (κ1) is 30.4. The van der Waals surface area contributed by atoms with Gasteiger partial charge < -0.3 is 9.47 Å². The maximum Gasteiger partial charge on any atom is 0.217 e. The van der Waals surface area contributed by atoms with E-state index in [0.29, 0.717) is 5.90 Å². The lowest BCUT2D eigenvalue weighted by Crippen LogP contribution is -2.31. The largest absolute Gasteiger partial charge is 0.471 e. The van der Waals surface area contributed by atoms with Gasteiger partial charge in [-0.15, -0.1) is 0 Å². The van der Waals surface area contributed by atoms with Crippen LogP contribution in [0, 0.1) is 13.8 Å². The van der Waals surface area contributed by atoms with Gasteiger partial charge in [-0.3, -0.25) is 4.90 Å². The molecule has 0 bridgehead atoms. The second-order valence-electron chi connectivity index (χ2n) is 15.2. The minimum atomic E-state index is -0.203. The molecule has 0 saturated carbocycles. The highest BCUT2D eigenvalue weighted by Gasteiger charge is 2.39. The van der Waals surface area contributed by atoms with Gasteiger partial charge in [0, 0.05) is 23.2 Å². The third-order valence-electron chi connectivity index (χ3n) is 10.4. The van der Waals surface area contributed by atoms with Crippen LogP contribution in [-0.2, 0) is 22.0 Å². The highest BCUT2D eigenvalue weighted by Crippen LogP contribution is 2.52. The molecule has 5 aromatic rings. The van der Waals surface area contributed by atoms with Crippen LogP contribution < -0.4 is 9.64 Å². The molecule has 0 fully saturated rings. The molecule has 3 aliphatic rings. The lowest BCUT2D eigenvalue weighted by molar-refractivity contribution is 0.174. The van der Waals surface area contributed by atoms with Gasteiger partial charge in [0.2, 0.25) is 5.90 Å². The summed E-state index contributed by atoms with van der Waals surface area (Å²) in [5.74, 6) is 3.13. The Bertz CT molecular complexity index is 2100. The average molecular weight is 634 g/mol. The van der Waals surface area contributed by atoms with Gasteiger partial charge in [-0.25, -0.2) is 9.98 Å². The van der Waals surface area contributed by atoms with E-state index in [1.54, 1.807) is 0 Å². The highest BCUT2D eigenvalue weighted by molar-refractivity contribution is 5.96. The number of para-hydroxylation sites is 1. The second kappa shape index (κ2) is 11.1. The van der Waals surface area contributed by atoms with Gasteiger partial charge in [0.25, 0.3) is 0 Å². The molecule has 5 nitrogen and oxygen atoms in total. The minimum absolute atomic E-state index is 0.00360. The van der Waals surface area contributed by atoms with Crippen molar-refractivity contribution < 1.29 is 9.47 Å². The third-order valence-corrected chi connectivity index (χ3v) is 10.4. The number of rotatable bonds is 4. The summed E-state index contributed by atoms with van der Waals surface area (Å²) in [5, 5.41) is 0. The highest BCUT2D eigenvalue weighted by atomic mass is 16.5. The third kappa shape index (κ3) is 5.08. The van der Waals surface area contributed by atoms with Crippen LogP contribution >= 0.6 is 0 Å². The number of fused-ring (bicyclic) bond motifs is 5. The second-order valence-corrected chi connectivity index (χ2v) is 15.2. The molecule has 48 heavy (non-hydrogen) atoms. The molecule has 5 heteroatoms. The molecule has 1 aliphatic carbocycles. The Labute approximate surface area is 284 Å². The Hall–Kier alpha value is -4.90. The van der Waals surface area contributed by atoms with E-state index in [4.69, 9.17) is 19.5 Å². The Balaban J connectivity index is 1.17. The summed E-state index contributed by atoms with van der Waals surface area (Å²) in [4.78, 5) is 12.3. The molecule has 0 N–H and O–H groups in total. The number of ether oxygens (including phenoxy) is 2. The zero-order valence-corrected chi connectivity index (χ0v) is 29.0. The molecule has 0 saturated heterocycles. The number of hydrogen-bond donors (Lipinski definition) is 0. The van der Waals surface area contributed by atoms with Gasteiger partial charge in [0.1, 0.15) is 29.5 Å². The number of aliphatic imine (C=N–C) groups is 1. The molecule has 0 amide bonds. The van der Waals surface area contributed by atoms with E-state index >= 15 is 0 Å². The zero-order chi connectivity index (χ0) is 33.4. The van der Waals surface area contributed by atoms with Gasteiger partial charge in [-0.1, -0.05) is 77.1 Å². The molecule has 1 aromatic heterocycles. The molecule has 4 aromatic carbocycles. The van der Waals surface area contributed by atoms with Crippen LogP contribution in [0.25, 0.3) is 0 Å². The van der Waals surface area contributed by atoms with Crippen molar-refractivity contribution in [2.75, 3.05) is 4.90 Å². The van der Waals surface area contributed by atoms with Gasteiger partial charge >= 0.3 is 0 Å². The lowest BCUT2D eigenvalue weighted by atomic mass is 9.73. The van der Waals surface area contributed by atoms with Gasteiger partial charge in [-0.2, -0.15) is 0 Å². The number of anilines is 3. The molecule has 2 atom stereocenters. The summed E-state index contributed by atoms with van der Waals surface area (Å²) in [6, 6.07) is 32.4. The molecule has 0 spiro atoms. The van der Waals surface area contributed by atoms with Crippen LogP contribution in [0.3, 0.4) is 0 Å². The van der Waals surface area contributed by atoms with E-state index in [1.807, 2.05) is 6.20 Å². The number of aryl methyl sites for hydroxylation is 2. The molecule has 0 unspecified atom stereocenters. The summed E-state index contributed by atoms with van der Waals surface area (Å²) < 4.78 is 13.2. The summed E-state index contributed by atoms with van der Waals surface area (Å²) in [5.41, 5.74) is 11.9. The predicted molar refractivity (Wildman–Crippen MR) is 195 cm³/mol. The predicted octanol–water partition coefficient (Wildman–Crippen LogP) is 10.7. The Morgan fingerprint density at radius 2 is 1.65 bits per heavy atom. The van der Waals surface area contributed by atoms with Crippen LogP contribution in [0.5, 0.6) is 11.5 Å². The van der Waals surface area contributed by atoms with E-state index in [9.17, 15) is 0 Å². The summed E-state index contributed by atoms with van der Waals surface area (Å²) in [6.45, 7) is 15.6. The maximum absolute atomic E-state index is 6.68. The zero-order valence-electron chi connectivity index (χ0n) is 29.0. The quantitative estimate of drug-likeness (QED) is 0.198. The number of pyridine rings is 1. The molecule has 0 radical (unpaired) electrons. The van der Waals surface area contributed by atoms with Crippen molar-refractivity contribution >= 4 is 23.1 Å². The molecule has 2 aliphatic heterocycles. The van der Waals surface area contributed by atoms with Crippen molar-refractivity contribution in [2.45, 2.75) is 84.3 Å². The monoisotopic (exact) mass is 633 g/mol. The van der Waals surface area contributed by atoms with Crippen LogP contribution in [0.15, 0.2) is 102 Å². The van der Waals surface area contributed by atoms with Crippen molar-refractivity contribution in [1.82, 2.24) is 4.98 Å². The minimum Gasteiger partial charge on any atom is -0.471 e. The van der Waals surface area contributed by atoms with Crippen molar-refractivity contribution in [3.05, 3.63) is 142 Å². The van der Waals surface area contributed by atoms with Crippen LogP contribution in [-0.4, -0.2) is 17.0 Å². The molecular weight excluding hydrogens is 590 g/mol. The van der Waals surface area contributed by atoms with Crippen LogP contribution in [0.4, 0.5) is 17.2 Å². The summed E-state index contributed by atoms with van der Waals surface area (Å²) in [7, 11) is 0. The Morgan fingerprint density at radius 1 is 0.833 bits per heavy atom. The van der Waals surface area contributed by atoms with Crippen LogP contribution in [0.2, 0.25) is 0 Å². The van der Waals surface area contributed by atoms with Crippen molar-refractivity contribution in [3.8, 4) is 11.5 Å². The van der Waals surface area contributed by atoms with Crippen LogP contribution in [0.1, 0.15) is 91.6 Å². The number of nitrogens with zero attached hydrogens (tertiary/aromatic N) is 3. The summed E-state index contributed by atoms with van der Waals surface area (Å²) in [6.07, 6.45) is 4.00. The SMILES string of the molecule is Cc1cc(Oc2ccc3c(c2)N(c2cc(C(C)(C)C)ccn2)c2ccccc2C3(C)C)cc(C2=N[C@@H]3c4cccc(C)c4CC[C@@H]3O2)c1. The van der Waals surface area contributed by atoms with E-state index < -0.39 is 0 Å². The Morgan fingerprint density at radius 3 is 2.48 bits per heavy atom. The van der Waals surface area contributed by atoms with Gasteiger partial charge in [-0.05, 0) is 114 Å². The number of hydrogen-bond acceptors (Lipinski definition) is 5. The normalized spacial score (nSPS) is 19.0. The molecule has 8 rings (SSSR count). The lowest BCUT2D eigenvalue weighted by Gasteiger charge is -2.41. The van der Waals surface area contributed by atoms with E-state index in [2.05, 4.69) is 144 Å². The summed E-state index contributed by atoms with van der Waals surface area (Å²) >= 11 is 0. The number of benzene rings is 4. The maximum atomic E-state index is 6.68. The van der Waals surface area contributed by atoms with Gasteiger partial charge in [0.05, 0.1) is 11.4 Å². The first-order valence-electron chi connectivity index (χ1n) is 17.1. The average Bonchev–Trinajstić information content (AvgIpc) is 3.50. The number of aromatic nitrogens is 1. The van der Waals surface area contributed by atoms with E-state index in [0.717, 1.165) is 52.7 Å². The smallest absolute Gasteiger partial charge is 0.217 e. The van der Waals surface area contributed by atoms with E-state index in [-0.39, 0.29) is 23.0 Å². The van der Waals surface area contributed by atoms with Gasteiger partial charge in [0.15, 0.2) is 0 Å². The van der Waals surface area contributed by atoms with E-state index in [1.165, 1.54) is 33.4 Å². The van der Waals surface area contributed by atoms with Crippen molar-refractivity contribution in [2.24, 2.45) is 4.99 Å².